The molecule has 100 valence electrons. The maximum absolute atomic E-state index is 3.76. The fraction of sp³-hybridized carbons (Fsp3) is 1.00. The molecule has 17 heavy (non-hydrogen) atoms. The first-order valence-corrected chi connectivity index (χ1v) is 7.40. The second kappa shape index (κ2) is 4.89. The molecule has 2 aliphatic rings. The van der Waals surface area contributed by atoms with Crippen LogP contribution in [0.2, 0.25) is 0 Å². The highest BCUT2D eigenvalue weighted by atomic mass is 15.0. The molecule has 2 rings (SSSR count). The van der Waals surface area contributed by atoms with Gasteiger partial charge in [-0.25, -0.2) is 0 Å². The summed E-state index contributed by atoms with van der Waals surface area (Å²) >= 11 is 0. The molecule has 1 aliphatic heterocycles. The highest BCUT2D eigenvalue weighted by Crippen LogP contribution is 2.62. The van der Waals surface area contributed by atoms with Crippen molar-refractivity contribution in [1.82, 2.24) is 10.6 Å². The SMILES string of the molecule is CC1(C)C(NCCCC2CCCNC2)C1(C)C. The largest absolute Gasteiger partial charge is 0.316 e. The van der Waals surface area contributed by atoms with Crippen molar-refractivity contribution in [1.29, 1.82) is 0 Å². The average Bonchev–Trinajstić information content (AvgIpc) is 2.67. The Hall–Kier alpha value is -0.0800. The fourth-order valence-corrected chi connectivity index (χ4v) is 3.51. The van der Waals surface area contributed by atoms with E-state index in [0.29, 0.717) is 10.8 Å². The number of piperidine rings is 1. The maximum atomic E-state index is 3.76. The highest BCUT2D eigenvalue weighted by Gasteiger charge is 2.64. The molecule has 2 nitrogen and oxygen atoms in total. The molecule has 0 spiro atoms. The summed E-state index contributed by atoms with van der Waals surface area (Å²) in [5.41, 5.74) is 0.971. The lowest BCUT2D eigenvalue weighted by Gasteiger charge is -2.22. The lowest BCUT2D eigenvalue weighted by molar-refractivity contribution is 0.346. The van der Waals surface area contributed by atoms with E-state index >= 15 is 0 Å². The van der Waals surface area contributed by atoms with E-state index in [1.54, 1.807) is 0 Å². The van der Waals surface area contributed by atoms with E-state index in [2.05, 4.69) is 38.3 Å². The van der Waals surface area contributed by atoms with Crippen molar-refractivity contribution in [2.24, 2.45) is 16.7 Å². The Morgan fingerprint density at radius 1 is 1.18 bits per heavy atom. The third-order valence-corrected chi connectivity index (χ3v) is 5.56. The smallest absolute Gasteiger partial charge is 0.0181 e. The molecule has 2 heteroatoms. The molecule has 1 saturated heterocycles. The first kappa shape index (κ1) is 13.4. The molecule has 1 atom stereocenters. The van der Waals surface area contributed by atoms with E-state index in [0.717, 1.165) is 12.0 Å². The predicted molar refractivity (Wildman–Crippen MR) is 74.2 cm³/mol. The minimum Gasteiger partial charge on any atom is -0.316 e. The van der Waals surface area contributed by atoms with Gasteiger partial charge in [-0.05, 0) is 62.1 Å². The summed E-state index contributed by atoms with van der Waals surface area (Å²) in [5.74, 6) is 0.936. The average molecular weight is 238 g/mol. The lowest BCUT2D eigenvalue weighted by Crippen LogP contribution is -2.30. The molecule has 1 heterocycles. The molecule has 0 aromatic heterocycles. The molecule has 0 aromatic rings. The van der Waals surface area contributed by atoms with E-state index in [1.807, 2.05) is 0 Å². The molecule has 1 unspecified atom stereocenters. The Kier molecular flexibility index (Phi) is 3.84. The molecule has 2 N–H and O–H groups in total. The Morgan fingerprint density at radius 3 is 2.41 bits per heavy atom. The topological polar surface area (TPSA) is 24.1 Å². The van der Waals surface area contributed by atoms with Crippen LogP contribution < -0.4 is 10.6 Å². The second-order valence-electron chi connectivity index (χ2n) is 7.19. The summed E-state index contributed by atoms with van der Waals surface area (Å²) in [5, 5.41) is 7.26. The van der Waals surface area contributed by atoms with Crippen LogP contribution in [-0.2, 0) is 0 Å². The van der Waals surface area contributed by atoms with Crippen LogP contribution in [0.5, 0.6) is 0 Å². The molecule has 0 radical (unpaired) electrons. The quantitative estimate of drug-likeness (QED) is 0.720. The van der Waals surface area contributed by atoms with Crippen LogP contribution in [-0.4, -0.2) is 25.7 Å². The van der Waals surface area contributed by atoms with Crippen LogP contribution in [0.15, 0.2) is 0 Å². The van der Waals surface area contributed by atoms with Crippen LogP contribution in [0.25, 0.3) is 0 Å². The zero-order valence-corrected chi connectivity index (χ0v) is 12.1. The summed E-state index contributed by atoms with van der Waals surface area (Å²) in [4.78, 5) is 0. The standard InChI is InChI=1S/C15H30N2/c1-14(2)13(15(14,3)4)17-10-6-8-12-7-5-9-16-11-12/h12-13,16-17H,5-11H2,1-4H3. The van der Waals surface area contributed by atoms with Gasteiger partial charge >= 0.3 is 0 Å². The zero-order chi connectivity index (χ0) is 12.5. The van der Waals surface area contributed by atoms with Crippen LogP contribution in [0, 0.1) is 16.7 Å². The van der Waals surface area contributed by atoms with Gasteiger partial charge in [0, 0.05) is 6.04 Å². The third-order valence-electron chi connectivity index (χ3n) is 5.56. The van der Waals surface area contributed by atoms with Crippen molar-refractivity contribution in [3.05, 3.63) is 0 Å². The van der Waals surface area contributed by atoms with Crippen molar-refractivity contribution >= 4 is 0 Å². The third kappa shape index (κ3) is 2.68. The normalized spacial score (nSPS) is 31.4. The molecular formula is C15H30N2. The van der Waals surface area contributed by atoms with Gasteiger partial charge in [0.25, 0.3) is 0 Å². The Balaban J connectivity index is 1.58. The molecule has 0 aromatic carbocycles. The molecule has 2 fully saturated rings. The number of rotatable bonds is 5. The monoisotopic (exact) mass is 238 g/mol. The van der Waals surface area contributed by atoms with Gasteiger partial charge in [-0.15, -0.1) is 0 Å². The molecule has 1 saturated carbocycles. The Bertz CT molecular complexity index is 238. The minimum atomic E-state index is 0.486. The van der Waals surface area contributed by atoms with Gasteiger partial charge < -0.3 is 10.6 Å². The van der Waals surface area contributed by atoms with Crippen molar-refractivity contribution in [2.75, 3.05) is 19.6 Å². The molecule has 0 bridgehead atoms. The summed E-state index contributed by atoms with van der Waals surface area (Å²) in [6.07, 6.45) is 5.55. The predicted octanol–water partition coefficient (Wildman–Crippen LogP) is 2.79. The summed E-state index contributed by atoms with van der Waals surface area (Å²) in [6, 6.07) is 0.722. The van der Waals surface area contributed by atoms with Crippen LogP contribution in [0.1, 0.15) is 53.4 Å². The van der Waals surface area contributed by atoms with Gasteiger partial charge in [0.2, 0.25) is 0 Å². The van der Waals surface area contributed by atoms with E-state index in [1.165, 1.54) is 45.3 Å². The summed E-state index contributed by atoms with van der Waals surface area (Å²) in [7, 11) is 0. The van der Waals surface area contributed by atoms with Crippen molar-refractivity contribution < 1.29 is 0 Å². The molecule has 1 aliphatic carbocycles. The number of hydrogen-bond donors (Lipinski definition) is 2. The molecular weight excluding hydrogens is 208 g/mol. The minimum absolute atomic E-state index is 0.486. The van der Waals surface area contributed by atoms with E-state index in [4.69, 9.17) is 0 Å². The highest BCUT2D eigenvalue weighted by molar-refractivity contribution is 5.17. The maximum Gasteiger partial charge on any atom is 0.0181 e. The number of hydrogen-bond acceptors (Lipinski definition) is 2. The van der Waals surface area contributed by atoms with E-state index < -0.39 is 0 Å². The van der Waals surface area contributed by atoms with Crippen LogP contribution in [0.3, 0.4) is 0 Å². The Labute approximate surface area is 107 Å². The molecule has 0 amide bonds. The van der Waals surface area contributed by atoms with Crippen molar-refractivity contribution in [2.45, 2.75) is 59.4 Å². The fourth-order valence-electron chi connectivity index (χ4n) is 3.51. The van der Waals surface area contributed by atoms with Crippen molar-refractivity contribution in [3.63, 3.8) is 0 Å². The van der Waals surface area contributed by atoms with Gasteiger partial charge in [-0.1, -0.05) is 27.7 Å². The Morgan fingerprint density at radius 2 is 1.88 bits per heavy atom. The van der Waals surface area contributed by atoms with Gasteiger partial charge in [-0.2, -0.15) is 0 Å². The summed E-state index contributed by atoms with van der Waals surface area (Å²) < 4.78 is 0. The first-order chi connectivity index (χ1) is 7.96. The summed E-state index contributed by atoms with van der Waals surface area (Å²) in [6.45, 7) is 13.2. The van der Waals surface area contributed by atoms with Gasteiger partial charge in [0.1, 0.15) is 0 Å². The van der Waals surface area contributed by atoms with Crippen molar-refractivity contribution in [3.8, 4) is 0 Å². The van der Waals surface area contributed by atoms with E-state index in [9.17, 15) is 0 Å². The van der Waals surface area contributed by atoms with Gasteiger partial charge in [-0.3, -0.25) is 0 Å². The zero-order valence-electron chi connectivity index (χ0n) is 12.1. The number of nitrogens with one attached hydrogen (secondary N) is 2. The lowest BCUT2D eigenvalue weighted by atomic mass is 9.95. The van der Waals surface area contributed by atoms with Crippen LogP contribution >= 0.6 is 0 Å². The van der Waals surface area contributed by atoms with Gasteiger partial charge in [0.05, 0.1) is 0 Å². The van der Waals surface area contributed by atoms with E-state index in [-0.39, 0.29) is 0 Å². The van der Waals surface area contributed by atoms with Gasteiger partial charge in [0.15, 0.2) is 0 Å². The second-order valence-corrected chi connectivity index (χ2v) is 7.19. The first-order valence-electron chi connectivity index (χ1n) is 7.40. The van der Waals surface area contributed by atoms with Crippen LogP contribution in [0.4, 0.5) is 0 Å².